The minimum absolute atomic E-state index is 0.0455. The summed E-state index contributed by atoms with van der Waals surface area (Å²) in [5.74, 6) is 0.600. The molecule has 0 spiro atoms. The van der Waals surface area contributed by atoms with E-state index in [2.05, 4.69) is 9.97 Å². The average molecular weight is 277 g/mol. The molecule has 1 aliphatic rings. The van der Waals surface area contributed by atoms with Crippen LogP contribution in [0.25, 0.3) is 10.2 Å². The predicted molar refractivity (Wildman–Crippen MR) is 75.1 cm³/mol. The van der Waals surface area contributed by atoms with Gasteiger partial charge in [-0.15, -0.1) is 11.3 Å². The second kappa shape index (κ2) is 4.45. The molecule has 0 bridgehead atoms. The van der Waals surface area contributed by atoms with Gasteiger partial charge >= 0.3 is 5.97 Å². The number of aliphatic carboxylic acids is 1. The Morgan fingerprint density at radius 2 is 2.21 bits per heavy atom. The number of likely N-dealkylation sites (N-methyl/N-ethyl adjacent to an activating group) is 1. The molecule has 0 saturated heterocycles. The first-order chi connectivity index (χ1) is 9.06. The van der Waals surface area contributed by atoms with Crippen LogP contribution in [0.15, 0.2) is 0 Å². The lowest BCUT2D eigenvalue weighted by Crippen LogP contribution is -2.26. The van der Waals surface area contributed by atoms with E-state index in [9.17, 15) is 4.79 Å². The van der Waals surface area contributed by atoms with Crippen LogP contribution in [-0.4, -0.2) is 34.6 Å². The molecule has 19 heavy (non-hydrogen) atoms. The number of carboxylic acid groups (broad SMARTS) is 1. The molecular weight excluding hydrogens is 262 g/mol. The van der Waals surface area contributed by atoms with E-state index >= 15 is 0 Å². The molecule has 100 valence electrons. The Hall–Kier alpha value is -1.69. The van der Waals surface area contributed by atoms with Gasteiger partial charge in [0.15, 0.2) is 0 Å². The van der Waals surface area contributed by atoms with E-state index in [0.29, 0.717) is 5.82 Å². The van der Waals surface area contributed by atoms with Crippen molar-refractivity contribution in [2.45, 2.75) is 26.2 Å². The summed E-state index contributed by atoms with van der Waals surface area (Å²) in [6, 6.07) is 0. The van der Waals surface area contributed by atoms with Crippen LogP contribution in [0.2, 0.25) is 0 Å². The van der Waals surface area contributed by atoms with Gasteiger partial charge in [0.2, 0.25) is 0 Å². The third-order valence-electron chi connectivity index (χ3n) is 3.39. The first kappa shape index (κ1) is 12.3. The van der Waals surface area contributed by atoms with Crippen LogP contribution < -0.4 is 4.90 Å². The SMILES string of the molecule is Cc1nc(N(C)CC(=O)O)c2c3c(sc2n1)CCC3. The summed E-state index contributed by atoms with van der Waals surface area (Å²) >= 11 is 1.73. The van der Waals surface area contributed by atoms with Gasteiger partial charge in [0.1, 0.15) is 23.0 Å². The Labute approximate surface area is 114 Å². The van der Waals surface area contributed by atoms with Crippen molar-refractivity contribution in [1.82, 2.24) is 9.97 Å². The summed E-state index contributed by atoms with van der Waals surface area (Å²) in [6.07, 6.45) is 3.33. The molecule has 1 N–H and O–H groups in total. The van der Waals surface area contributed by atoms with Crippen molar-refractivity contribution >= 4 is 33.3 Å². The van der Waals surface area contributed by atoms with Crippen molar-refractivity contribution in [1.29, 1.82) is 0 Å². The van der Waals surface area contributed by atoms with Crippen molar-refractivity contribution in [2.75, 3.05) is 18.5 Å². The number of anilines is 1. The van der Waals surface area contributed by atoms with Crippen molar-refractivity contribution < 1.29 is 9.90 Å². The van der Waals surface area contributed by atoms with Gasteiger partial charge in [-0.3, -0.25) is 4.79 Å². The van der Waals surface area contributed by atoms with Gasteiger partial charge in [-0.05, 0) is 31.7 Å². The maximum absolute atomic E-state index is 10.9. The van der Waals surface area contributed by atoms with Crippen LogP contribution in [0.1, 0.15) is 22.7 Å². The first-order valence-corrected chi connectivity index (χ1v) is 7.09. The van der Waals surface area contributed by atoms with E-state index in [1.807, 2.05) is 6.92 Å². The average Bonchev–Trinajstić information content (AvgIpc) is 2.86. The van der Waals surface area contributed by atoms with Gasteiger partial charge in [-0.25, -0.2) is 9.97 Å². The van der Waals surface area contributed by atoms with Crippen molar-refractivity contribution in [3.05, 3.63) is 16.3 Å². The lowest BCUT2D eigenvalue weighted by Gasteiger charge is -2.17. The molecule has 0 amide bonds. The second-order valence-electron chi connectivity index (χ2n) is 4.88. The number of nitrogens with zero attached hydrogens (tertiary/aromatic N) is 3. The van der Waals surface area contributed by atoms with Gasteiger partial charge in [0, 0.05) is 11.9 Å². The zero-order valence-corrected chi connectivity index (χ0v) is 11.8. The van der Waals surface area contributed by atoms with Crippen LogP contribution in [0.5, 0.6) is 0 Å². The molecule has 0 fully saturated rings. The van der Waals surface area contributed by atoms with Crippen LogP contribution in [0.4, 0.5) is 5.82 Å². The highest BCUT2D eigenvalue weighted by atomic mass is 32.1. The first-order valence-electron chi connectivity index (χ1n) is 6.28. The molecular formula is C13H15N3O2S. The fourth-order valence-corrected chi connectivity index (χ4v) is 3.94. The summed E-state index contributed by atoms with van der Waals surface area (Å²) in [5, 5.41) is 10.0. The fraction of sp³-hybridized carbons (Fsp3) is 0.462. The Bertz CT molecular complexity index is 665. The third kappa shape index (κ3) is 2.06. The molecule has 0 atom stereocenters. The normalized spacial score (nSPS) is 13.8. The lowest BCUT2D eigenvalue weighted by atomic mass is 10.2. The molecule has 0 saturated carbocycles. The standard InChI is InChI=1S/C13H15N3O2S/c1-7-14-12(16(2)6-10(17)18)11-8-4-3-5-9(8)19-13(11)15-7/h3-6H2,1-2H3,(H,17,18). The number of hydrogen-bond acceptors (Lipinski definition) is 5. The summed E-state index contributed by atoms with van der Waals surface area (Å²) in [7, 11) is 1.77. The molecule has 0 radical (unpaired) electrons. The molecule has 3 rings (SSSR count). The summed E-state index contributed by atoms with van der Waals surface area (Å²) in [5.41, 5.74) is 1.33. The van der Waals surface area contributed by atoms with Crippen molar-refractivity contribution in [2.24, 2.45) is 0 Å². The summed E-state index contributed by atoms with van der Waals surface area (Å²) < 4.78 is 0. The van der Waals surface area contributed by atoms with Gasteiger partial charge in [0.25, 0.3) is 0 Å². The van der Waals surface area contributed by atoms with E-state index in [1.54, 1.807) is 23.3 Å². The van der Waals surface area contributed by atoms with Gasteiger partial charge in [-0.1, -0.05) is 0 Å². The molecule has 0 aliphatic heterocycles. The summed E-state index contributed by atoms with van der Waals surface area (Å²) in [4.78, 5) is 23.9. The monoisotopic (exact) mass is 277 g/mol. The fourth-order valence-electron chi connectivity index (χ4n) is 2.63. The van der Waals surface area contributed by atoms with Crippen LogP contribution >= 0.6 is 11.3 Å². The largest absolute Gasteiger partial charge is 0.480 e. The smallest absolute Gasteiger partial charge is 0.323 e. The summed E-state index contributed by atoms with van der Waals surface area (Å²) in [6.45, 7) is 1.80. The van der Waals surface area contributed by atoms with E-state index < -0.39 is 5.97 Å². The quantitative estimate of drug-likeness (QED) is 0.929. The molecule has 2 aromatic heterocycles. The topological polar surface area (TPSA) is 66.3 Å². The molecule has 6 heteroatoms. The van der Waals surface area contributed by atoms with Gasteiger partial charge in [-0.2, -0.15) is 0 Å². The minimum atomic E-state index is -0.848. The van der Waals surface area contributed by atoms with Crippen LogP contribution in [-0.2, 0) is 17.6 Å². The van der Waals surface area contributed by atoms with Gasteiger partial charge < -0.3 is 10.0 Å². The number of thiophene rings is 1. The zero-order chi connectivity index (χ0) is 13.6. The Balaban J connectivity index is 2.19. The van der Waals surface area contributed by atoms with E-state index in [4.69, 9.17) is 5.11 Å². The van der Waals surface area contributed by atoms with E-state index in [0.717, 1.165) is 28.9 Å². The highest BCUT2D eigenvalue weighted by molar-refractivity contribution is 7.19. The number of carboxylic acids is 1. The number of hydrogen-bond donors (Lipinski definition) is 1. The Morgan fingerprint density at radius 3 is 2.95 bits per heavy atom. The van der Waals surface area contributed by atoms with Crippen LogP contribution in [0.3, 0.4) is 0 Å². The van der Waals surface area contributed by atoms with Crippen molar-refractivity contribution in [3.8, 4) is 0 Å². The number of rotatable bonds is 3. The number of aryl methyl sites for hydroxylation is 3. The third-order valence-corrected chi connectivity index (χ3v) is 4.58. The van der Waals surface area contributed by atoms with Gasteiger partial charge in [0.05, 0.1) is 5.39 Å². The number of aromatic nitrogens is 2. The van der Waals surface area contributed by atoms with E-state index in [1.165, 1.54) is 16.9 Å². The second-order valence-corrected chi connectivity index (χ2v) is 5.97. The lowest BCUT2D eigenvalue weighted by molar-refractivity contribution is -0.135. The zero-order valence-electron chi connectivity index (χ0n) is 10.9. The van der Waals surface area contributed by atoms with Crippen molar-refractivity contribution in [3.63, 3.8) is 0 Å². The molecule has 5 nitrogen and oxygen atoms in total. The predicted octanol–water partition coefficient (Wildman–Crippen LogP) is 2.01. The number of fused-ring (bicyclic) bond motifs is 3. The molecule has 0 unspecified atom stereocenters. The Kier molecular flexibility index (Phi) is 2.89. The van der Waals surface area contributed by atoms with E-state index in [-0.39, 0.29) is 6.54 Å². The number of carbonyl (C=O) groups is 1. The Morgan fingerprint density at radius 1 is 1.42 bits per heavy atom. The van der Waals surface area contributed by atoms with Crippen LogP contribution in [0, 0.1) is 6.92 Å². The molecule has 2 heterocycles. The molecule has 0 aromatic carbocycles. The minimum Gasteiger partial charge on any atom is -0.480 e. The highest BCUT2D eigenvalue weighted by Gasteiger charge is 2.23. The highest BCUT2D eigenvalue weighted by Crippen LogP contribution is 2.40. The molecule has 2 aromatic rings. The molecule has 1 aliphatic carbocycles. The maximum Gasteiger partial charge on any atom is 0.323 e. The maximum atomic E-state index is 10.9.